The maximum Gasteiger partial charge on any atom is 0.0672 e. The number of nitrogens with zero attached hydrogens (tertiary/aromatic N) is 2. The normalized spacial score (nSPS) is 24.7. The van der Waals surface area contributed by atoms with Crippen LogP contribution < -0.4 is 10.6 Å². The summed E-state index contributed by atoms with van der Waals surface area (Å²) in [6.45, 7) is 6.81. The van der Waals surface area contributed by atoms with Gasteiger partial charge in [-0.05, 0) is 30.4 Å². The Hall–Kier alpha value is -1.71. The highest BCUT2D eigenvalue weighted by Crippen LogP contribution is 2.32. The predicted octanol–water partition coefficient (Wildman–Crippen LogP) is 2.63. The number of aromatic amines is 1. The van der Waals surface area contributed by atoms with E-state index in [9.17, 15) is 0 Å². The van der Waals surface area contributed by atoms with Crippen molar-refractivity contribution in [2.75, 3.05) is 23.7 Å². The van der Waals surface area contributed by atoms with Crippen LogP contribution in [0.25, 0.3) is 10.9 Å². The van der Waals surface area contributed by atoms with Crippen molar-refractivity contribution in [1.82, 2.24) is 10.2 Å². The van der Waals surface area contributed by atoms with E-state index in [-0.39, 0.29) is 0 Å². The smallest absolute Gasteiger partial charge is 0.0672 e. The number of hydrogen-bond acceptors (Lipinski definition) is 3. The number of aromatic nitrogens is 2. The number of nitrogens with two attached hydrogens (primary N) is 1. The second-order valence-electron chi connectivity index (χ2n) is 5.72. The van der Waals surface area contributed by atoms with Crippen LogP contribution in [0.4, 0.5) is 11.4 Å². The van der Waals surface area contributed by atoms with E-state index < -0.39 is 0 Å². The first-order valence-electron chi connectivity index (χ1n) is 6.61. The molecule has 4 heteroatoms. The summed E-state index contributed by atoms with van der Waals surface area (Å²) < 4.78 is 0. The van der Waals surface area contributed by atoms with Gasteiger partial charge in [0.2, 0.25) is 0 Å². The van der Waals surface area contributed by atoms with E-state index in [0.717, 1.165) is 47.2 Å². The van der Waals surface area contributed by atoms with Gasteiger partial charge in [0.1, 0.15) is 0 Å². The lowest BCUT2D eigenvalue weighted by molar-refractivity contribution is 0.357. The maximum atomic E-state index is 6.18. The molecule has 0 radical (unpaired) electrons. The van der Waals surface area contributed by atoms with Gasteiger partial charge in [0.15, 0.2) is 0 Å². The standard InChI is InChI=1S/C14H20N4/c1-9-3-10(2)8-18(7-9)14-5-13-11(4-12(14)15)6-16-17-13/h4-6,9-10H,3,7-8,15H2,1-2H3,(H,16,17). The molecule has 1 aliphatic heterocycles. The molecule has 3 N–H and O–H groups in total. The molecule has 4 nitrogen and oxygen atoms in total. The lowest BCUT2D eigenvalue weighted by atomic mass is 9.91. The molecule has 18 heavy (non-hydrogen) atoms. The molecule has 1 aromatic carbocycles. The summed E-state index contributed by atoms with van der Waals surface area (Å²) in [4.78, 5) is 2.41. The van der Waals surface area contributed by atoms with Crippen LogP contribution in [0, 0.1) is 11.8 Å². The van der Waals surface area contributed by atoms with E-state index in [1.165, 1.54) is 6.42 Å². The zero-order valence-electron chi connectivity index (χ0n) is 11.0. The average molecular weight is 244 g/mol. The van der Waals surface area contributed by atoms with Crippen molar-refractivity contribution in [3.8, 4) is 0 Å². The number of nitrogens with one attached hydrogen (secondary N) is 1. The molecule has 0 saturated carbocycles. The maximum absolute atomic E-state index is 6.18. The summed E-state index contributed by atoms with van der Waals surface area (Å²) >= 11 is 0. The molecule has 2 heterocycles. The van der Waals surface area contributed by atoms with E-state index in [2.05, 4.69) is 35.0 Å². The van der Waals surface area contributed by atoms with Crippen LogP contribution in [0.1, 0.15) is 20.3 Å². The number of H-pyrrole nitrogens is 1. The van der Waals surface area contributed by atoms with Crippen LogP contribution >= 0.6 is 0 Å². The van der Waals surface area contributed by atoms with Crippen molar-refractivity contribution in [2.24, 2.45) is 11.8 Å². The number of nitrogen functional groups attached to an aromatic ring is 1. The molecule has 0 amide bonds. The highest BCUT2D eigenvalue weighted by atomic mass is 15.2. The van der Waals surface area contributed by atoms with Crippen molar-refractivity contribution in [3.05, 3.63) is 18.3 Å². The first-order chi connectivity index (χ1) is 8.63. The lowest BCUT2D eigenvalue weighted by Gasteiger charge is -2.37. The van der Waals surface area contributed by atoms with Crippen molar-refractivity contribution in [1.29, 1.82) is 0 Å². The monoisotopic (exact) mass is 244 g/mol. The molecule has 1 aromatic heterocycles. The SMILES string of the molecule is CC1CC(C)CN(c2cc3[nH]ncc3cc2N)C1. The van der Waals surface area contributed by atoms with Crippen LogP contribution in [0.3, 0.4) is 0 Å². The Morgan fingerprint density at radius 1 is 1.28 bits per heavy atom. The molecule has 1 fully saturated rings. The molecule has 3 rings (SSSR count). The van der Waals surface area contributed by atoms with Gasteiger partial charge in [-0.3, -0.25) is 5.10 Å². The number of rotatable bonds is 1. The predicted molar refractivity (Wildman–Crippen MR) is 75.7 cm³/mol. The highest BCUT2D eigenvalue weighted by molar-refractivity contribution is 5.88. The Labute approximate surface area is 107 Å². The molecule has 2 aromatic rings. The zero-order chi connectivity index (χ0) is 12.7. The van der Waals surface area contributed by atoms with Crippen LogP contribution in [0.5, 0.6) is 0 Å². The van der Waals surface area contributed by atoms with Crippen LogP contribution in [0.15, 0.2) is 18.3 Å². The quantitative estimate of drug-likeness (QED) is 0.758. The molecule has 2 unspecified atom stereocenters. The Morgan fingerprint density at radius 2 is 2.00 bits per heavy atom. The van der Waals surface area contributed by atoms with Crippen LogP contribution in [-0.2, 0) is 0 Å². The summed E-state index contributed by atoms with van der Waals surface area (Å²) in [5.41, 5.74) is 9.24. The molecule has 0 aliphatic carbocycles. The summed E-state index contributed by atoms with van der Waals surface area (Å²) in [6.07, 6.45) is 3.12. The minimum Gasteiger partial charge on any atom is -0.397 e. The van der Waals surface area contributed by atoms with E-state index in [1.807, 2.05) is 12.3 Å². The van der Waals surface area contributed by atoms with Crippen molar-refractivity contribution >= 4 is 22.3 Å². The van der Waals surface area contributed by atoms with Gasteiger partial charge in [0, 0.05) is 18.5 Å². The Kier molecular flexibility index (Phi) is 2.65. The van der Waals surface area contributed by atoms with Gasteiger partial charge in [-0.25, -0.2) is 0 Å². The fourth-order valence-corrected chi connectivity index (χ4v) is 3.13. The number of fused-ring (bicyclic) bond motifs is 1. The van der Waals surface area contributed by atoms with Gasteiger partial charge in [-0.1, -0.05) is 13.8 Å². The Bertz CT molecular complexity index is 550. The number of piperidine rings is 1. The Balaban J connectivity index is 1.99. The van der Waals surface area contributed by atoms with E-state index in [4.69, 9.17) is 5.73 Å². The number of anilines is 2. The first kappa shape index (κ1) is 11.4. The van der Waals surface area contributed by atoms with Gasteiger partial charge in [0.05, 0.1) is 23.1 Å². The zero-order valence-corrected chi connectivity index (χ0v) is 11.0. The summed E-state index contributed by atoms with van der Waals surface area (Å²) in [5.74, 6) is 1.45. The minimum absolute atomic E-state index is 0.727. The van der Waals surface area contributed by atoms with Crippen LogP contribution in [-0.4, -0.2) is 23.3 Å². The second-order valence-corrected chi connectivity index (χ2v) is 5.72. The van der Waals surface area contributed by atoms with Gasteiger partial charge in [-0.15, -0.1) is 0 Å². The van der Waals surface area contributed by atoms with Gasteiger partial charge in [0.25, 0.3) is 0 Å². The third-order valence-corrected chi connectivity index (χ3v) is 3.80. The summed E-state index contributed by atoms with van der Waals surface area (Å²) in [5, 5.41) is 8.15. The lowest BCUT2D eigenvalue weighted by Crippen LogP contribution is -2.39. The second kappa shape index (κ2) is 4.19. The van der Waals surface area contributed by atoms with Gasteiger partial charge < -0.3 is 10.6 Å². The molecule has 2 atom stereocenters. The van der Waals surface area contributed by atoms with Gasteiger partial charge >= 0.3 is 0 Å². The van der Waals surface area contributed by atoms with E-state index in [1.54, 1.807) is 0 Å². The highest BCUT2D eigenvalue weighted by Gasteiger charge is 2.23. The van der Waals surface area contributed by atoms with Crippen molar-refractivity contribution < 1.29 is 0 Å². The molecule has 0 spiro atoms. The third kappa shape index (κ3) is 1.92. The molecule has 1 aliphatic rings. The topological polar surface area (TPSA) is 57.9 Å². The third-order valence-electron chi connectivity index (χ3n) is 3.80. The largest absolute Gasteiger partial charge is 0.397 e. The van der Waals surface area contributed by atoms with E-state index in [0.29, 0.717) is 0 Å². The molecular formula is C14H20N4. The fourth-order valence-electron chi connectivity index (χ4n) is 3.13. The summed E-state index contributed by atoms with van der Waals surface area (Å²) in [7, 11) is 0. The van der Waals surface area contributed by atoms with Crippen LogP contribution in [0.2, 0.25) is 0 Å². The molecular weight excluding hydrogens is 224 g/mol. The first-order valence-corrected chi connectivity index (χ1v) is 6.61. The number of benzene rings is 1. The Morgan fingerprint density at radius 3 is 2.72 bits per heavy atom. The molecule has 0 bridgehead atoms. The minimum atomic E-state index is 0.727. The summed E-state index contributed by atoms with van der Waals surface area (Å²) in [6, 6.07) is 4.14. The number of hydrogen-bond donors (Lipinski definition) is 2. The van der Waals surface area contributed by atoms with Crippen molar-refractivity contribution in [2.45, 2.75) is 20.3 Å². The molecule has 1 saturated heterocycles. The molecule has 96 valence electrons. The van der Waals surface area contributed by atoms with E-state index >= 15 is 0 Å². The average Bonchev–Trinajstić information content (AvgIpc) is 2.73. The van der Waals surface area contributed by atoms with Gasteiger partial charge in [-0.2, -0.15) is 5.10 Å². The fraction of sp³-hybridized carbons (Fsp3) is 0.500. The van der Waals surface area contributed by atoms with Crippen molar-refractivity contribution in [3.63, 3.8) is 0 Å².